The normalized spacial score (nSPS) is 21.1. The summed E-state index contributed by atoms with van der Waals surface area (Å²) in [6.45, 7) is 4.50. The highest BCUT2D eigenvalue weighted by atomic mass is 16.1. The number of allylic oxidation sites excluding steroid dienone is 2. The second-order valence-electron chi connectivity index (χ2n) is 7.09. The van der Waals surface area contributed by atoms with E-state index >= 15 is 0 Å². The van der Waals surface area contributed by atoms with Gasteiger partial charge in [-0.2, -0.15) is 0 Å². The van der Waals surface area contributed by atoms with Crippen LogP contribution in [0.3, 0.4) is 0 Å². The molecular weight excluding hydrogens is 272 g/mol. The Morgan fingerprint density at radius 2 is 1.68 bits per heavy atom. The first-order valence-corrected chi connectivity index (χ1v) is 8.48. The summed E-state index contributed by atoms with van der Waals surface area (Å²) < 4.78 is 0. The SMILES string of the molecule is CC(C)CCCC1CCC2=C(C1)C(=O)c1ccccc1C2=O. The highest BCUT2D eigenvalue weighted by molar-refractivity contribution is 6.27. The van der Waals surface area contributed by atoms with Gasteiger partial charge in [0, 0.05) is 22.3 Å². The van der Waals surface area contributed by atoms with Gasteiger partial charge in [-0.05, 0) is 31.1 Å². The van der Waals surface area contributed by atoms with Crippen LogP contribution < -0.4 is 0 Å². The molecule has 22 heavy (non-hydrogen) atoms. The summed E-state index contributed by atoms with van der Waals surface area (Å²) in [5, 5.41) is 0. The first kappa shape index (κ1) is 15.2. The Morgan fingerprint density at radius 3 is 2.32 bits per heavy atom. The number of ketones is 2. The van der Waals surface area contributed by atoms with Crippen LogP contribution in [0.25, 0.3) is 0 Å². The van der Waals surface area contributed by atoms with Gasteiger partial charge < -0.3 is 0 Å². The van der Waals surface area contributed by atoms with Gasteiger partial charge in [0.1, 0.15) is 0 Å². The van der Waals surface area contributed by atoms with Crippen molar-refractivity contribution in [3.05, 3.63) is 46.5 Å². The predicted octanol–water partition coefficient (Wildman–Crippen LogP) is 4.99. The van der Waals surface area contributed by atoms with Gasteiger partial charge in [-0.15, -0.1) is 0 Å². The van der Waals surface area contributed by atoms with Crippen LogP contribution in [0.15, 0.2) is 35.4 Å². The summed E-state index contributed by atoms with van der Waals surface area (Å²) in [4.78, 5) is 25.3. The largest absolute Gasteiger partial charge is 0.289 e. The third kappa shape index (κ3) is 2.79. The lowest BCUT2D eigenvalue weighted by Gasteiger charge is -2.29. The molecule has 0 saturated heterocycles. The molecule has 2 nitrogen and oxygen atoms in total. The van der Waals surface area contributed by atoms with Crippen molar-refractivity contribution in [1.82, 2.24) is 0 Å². The molecule has 116 valence electrons. The Bertz CT molecular complexity index is 637. The fourth-order valence-electron chi connectivity index (χ4n) is 3.76. The van der Waals surface area contributed by atoms with Gasteiger partial charge in [-0.3, -0.25) is 9.59 Å². The van der Waals surface area contributed by atoms with Crippen molar-refractivity contribution < 1.29 is 9.59 Å². The number of benzene rings is 1. The van der Waals surface area contributed by atoms with E-state index in [0.29, 0.717) is 17.0 Å². The second kappa shape index (κ2) is 6.20. The number of carbonyl (C=O) groups is 2. The maximum absolute atomic E-state index is 12.7. The smallest absolute Gasteiger partial charge is 0.190 e. The topological polar surface area (TPSA) is 34.1 Å². The van der Waals surface area contributed by atoms with E-state index < -0.39 is 0 Å². The Labute approximate surface area is 132 Å². The van der Waals surface area contributed by atoms with Crippen LogP contribution >= 0.6 is 0 Å². The van der Waals surface area contributed by atoms with Crippen molar-refractivity contribution in [2.45, 2.75) is 52.4 Å². The van der Waals surface area contributed by atoms with Crippen LogP contribution in [0.2, 0.25) is 0 Å². The number of fused-ring (bicyclic) bond motifs is 1. The molecule has 1 aromatic carbocycles. The molecule has 0 amide bonds. The summed E-state index contributed by atoms with van der Waals surface area (Å²) >= 11 is 0. The average molecular weight is 296 g/mol. The predicted molar refractivity (Wildman–Crippen MR) is 88.2 cm³/mol. The Kier molecular flexibility index (Phi) is 4.28. The van der Waals surface area contributed by atoms with Crippen molar-refractivity contribution in [3.8, 4) is 0 Å². The van der Waals surface area contributed by atoms with Crippen LogP contribution in [0.4, 0.5) is 0 Å². The standard InChI is InChI=1S/C20H24O2/c1-13(2)6-5-7-14-10-11-17-18(12-14)20(22)16-9-4-3-8-15(16)19(17)21/h3-4,8-9,13-14H,5-7,10-12H2,1-2H3. The lowest BCUT2D eigenvalue weighted by atomic mass is 9.73. The molecule has 2 aliphatic carbocycles. The minimum atomic E-state index is 0.0887. The fourth-order valence-corrected chi connectivity index (χ4v) is 3.76. The van der Waals surface area contributed by atoms with Gasteiger partial charge >= 0.3 is 0 Å². The molecule has 1 aromatic rings. The molecule has 3 rings (SSSR count). The van der Waals surface area contributed by atoms with Crippen LogP contribution in [0.5, 0.6) is 0 Å². The van der Waals surface area contributed by atoms with E-state index in [1.54, 1.807) is 12.1 Å². The summed E-state index contributed by atoms with van der Waals surface area (Å²) in [5.41, 5.74) is 2.81. The molecule has 0 spiro atoms. The Morgan fingerprint density at radius 1 is 1.05 bits per heavy atom. The Balaban J connectivity index is 1.77. The summed E-state index contributed by atoms with van der Waals surface area (Å²) in [6, 6.07) is 7.27. The number of rotatable bonds is 4. The maximum Gasteiger partial charge on any atom is 0.190 e. The average Bonchev–Trinajstić information content (AvgIpc) is 2.52. The second-order valence-corrected chi connectivity index (χ2v) is 7.09. The van der Waals surface area contributed by atoms with Crippen LogP contribution in [0.1, 0.15) is 73.1 Å². The van der Waals surface area contributed by atoms with Crippen LogP contribution in [-0.2, 0) is 0 Å². The molecule has 1 unspecified atom stereocenters. The zero-order valence-corrected chi connectivity index (χ0v) is 13.5. The molecular formula is C20H24O2. The van der Waals surface area contributed by atoms with E-state index in [9.17, 15) is 9.59 Å². The fraction of sp³-hybridized carbons (Fsp3) is 0.500. The highest BCUT2D eigenvalue weighted by Gasteiger charge is 2.35. The number of hydrogen-bond donors (Lipinski definition) is 0. The molecule has 2 heteroatoms. The molecule has 0 N–H and O–H groups in total. The Hall–Kier alpha value is -1.70. The van der Waals surface area contributed by atoms with Crippen molar-refractivity contribution in [3.63, 3.8) is 0 Å². The maximum atomic E-state index is 12.7. The van der Waals surface area contributed by atoms with Gasteiger partial charge in [0.2, 0.25) is 0 Å². The molecule has 0 fully saturated rings. The summed E-state index contributed by atoms with van der Waals surface area (Å²) in [7, 11) is 0. The lowest BCUT2D eigenvalue weighted by molar-refractivity contribution is 0.0958. The van der Waals surface area contributed by atoms with Gasteiger partial charge in [0.25, 0.3) is 0 Å². The van der Waals surface area contributed by atoms with Crippen molar-refractivity contribution in [1.29, 1.82) is 0 Å². The molecule has 2 aliphatic rings. The molecule has 0 bridgehead atoms. The monoisotopic (exact) mass is 296 g/mol. The molecule has 0 heterocycles. The summed E-state index contributed by atoms with van der Waals surface area (Å²) in [5.74, 6) is 1.49. The van der Waals surface area contributed by atoms with Gasteiger partial charge in [-0.1, -0.05) is 57.4 Å². The van der Waals surface area contributed by atoms with Crippen LogP contribution in [0, 0.1) is 11.8 Å². The first-order chi connectivity index (χ1) is 10.6. The molecule has 0 aromatic heterocycles. The lowest BCUT2D eigenvalue weighted by Crippen LogP contribution is -2.27. The molecule has 0 radical (unpaired) electrons. The van der Waals surface area contributed by atoms with Crippen LogP contribution in [-0.4, -0.2) is 11.6 Å². The molecule has 0 aliphatic heterocycles. The summed E-state index contributed by atoms with van der Waals surface area (Å²) in [6.07, 6.45) is 6.28. The zero-order chi connectivity index (χ0) is 15.7. The first-order valence-electron chi connectivity index (χ1n) is 8.48. The van der Waals surface area contributed by atoms with Gasteiger partial charge in [0.05, 0.1) is 0 Å². The van der Waals surface area contributed by atoms with E-state index in [4.69, 9.17) is 0 Å². The van der Waals surface area contributed by atoms with E-state index in [1.807, 2.05) is 12.1 Å². The van der Waals surface area contributed by atoms with E-state index in [1.165, 1.54) is 19.3 Å². The zero-order valence-electron chi connectivity index (χ0n) is 13.5. The molecule has 0 saturated carbocycles. The van der Waals surface area contributed by atoms with E-state index in [0.717, 1.165) is 36.3 Å². The van der Waals surface area contributed by atoms with Gasteiger partial charge in [0.15, 0.2) is 11.6 Å². The van der Waals surface area contributed by atoms with Gasteiger partial charge in [-0.25, -0.2) is 0 Å². The quantitative estimate of drug-likeness (QED) is 0.784. The highest BCUT2D eigenvalue weighted by Crippen LogP contribution is 2.39. The molecule has 1 atom stereocenters. The minimum Gasteiger partial charge on any atom is -0.289 e. The number of hydrogen-bond acceptors (Lipinski definition) is 2. The van der Waals surface area contributed by atoms with E-state index in [-0.39, 0.29) is 11.6 Å². The number of Topliss-reactive ketones (excluding diaryl/α,β-unsaturated/α-hetero) is 2. The number of carbonyl (C=O) groups excluding carboxylic acids is 2. The minimum absolute atomic E-state index is 0.0887. The third-order valence-electron chi connectivity index (χ3n) is 5.02. The van der Waals surface area contributed by atoms with Crippen molar-refractivity contribution in [2.24, 2.45) is 11.8 Å². The van der Waals surface area contributed by atoms with E-state index in [2.05, 4.69) is 13.8 Å². The van der Waals surface area contributed by atoms with Crippen molar-refractivity contribution in [2.75, 3.05) is 0 Å². The van der Waals surface area contributed by atoms with Crippen molar-refractivity contribution >= 4 is 11.6 Å². The third-order valence-corrected chi connectivity index (χ3v) is 5.02.